The summed E-state index contributed by atoms with van der Waals surface area (Å²) in [6, 6.07) is 1.20. The average Bonchev–Trinajstić information content (AvgIpc) is 1.96. The fourth-order valence-corrected chi connectivity index (χ4v) is 0.930. The van der Waals surface area contributed by atoms with Crippen molar-refractivity contribution in [2.75, 3.05) is 0 Å². The summed E-state index contributed by atoms with van der Waals surface area (Å²) in [7, 11) is 0. The van der Waals surface area contributed by atoms with Gasteiger partial charge in [0.15, 0.2) is 0 Å². The second kappa shape index (κ2) is 3.49. The molecule has 0 aliphatic carbocycles. The second-order valence-electron chi connectivity index (χ2n) is 2.17. The zero-order chi connectivity index (χ0) is 9.14. The summed E-state index contributed by atoms with van der Waals surface area (Å²) in [6.07, 6.45) is 0.522. The van der Waals surface area contributed by atoms with Crippen LogP contribution in [0.15, 0.2) is 12.3 Å². The molecule has 0 saturated carbocycles. The first-order valence-electron chi connectivity index (χ1n) is 3.11. The third-order valence-corrected chi connectivity index (χ3v) is 1.45. The number of carbonyl (C=O) groups is 1. The Kier molecular flexibility index (Phi) is 2.60. The van der Waals surface area contributed by atoms with Crippen LogP contribution in [0.1, 0.15) is 5.56 Å². The van der Waals surface area contributed by atoms with Crippen LogP contribution in [0, 0.1) is 5.82 Å². The predicted molar refractivity (Wildman–Crippen MR) is 40.5 cm³/mol. The number of aliphatic carboxylic acids is 1. The van der Waals surface area contributed by atoms with Crippen molar-refractivity contribution >= 4 is 17.6 Å². The summed E-state index contributed by atoms with van der Waals surface area (Å²) in [5.74, 6) is -1.75. The van der Waals surface area contributed by atoms with E-state index in [0.717, 1.165) is 6.20 Å². The van der Waals surface area contributed by atoms with Gasteiger partial charge in [-0.1, -0.05) is 11.6 Å². The smallest absolute Gasteiger partial charge is 0.307 e. The highest BCUT2D eigenvalue weighted by Gasteiger charge is 2.07. The van der Waals surface area contributed by atoms with Crippen molar-refractivity contribution in [3.05, 3.63) is 28.8 Å². The molecule has 0 aliphatic rings. The summed E-state index contributed by atoms with van der Waals surface area (Å²) >= 11 is 5.43. The van der Waals surface area contributed by atoms with Crippen LogP contribution in [0.25, 0.3) is 0 Å². The largest absolute Gasteiger partial charge is 0.481 e. The first kappa shape index (κ1) is 8.93. The number of hydrogen-bond acceptors (Lipinski definition) is 2. The highest BCUT2D eigenvalue weighted by Crippen LogP contribution is 2.11. The van der Waals surface area contributed by atoms with E-state index in [9.17, 15) is 9.18 Å². The molecule has 1 aromatic heterocycles. The van der Waals surface area contributed by atoms with Gasteiger partial charge in [-0.3, -0.25) is 4.79 Å². The molecular weight excluding hydrogens is 185 g/mol. The van der Waals surface area contributed by atoms with Gasteiger partial charge in [0.05, 0.1) is 12.6 Å². The van der Waals surface area contributed by atoms with Gasteiger partial charge in [-0.2, -0.15) is 0 Å². The third-order valence-electron chi connectivity index (χ3n) is 1.24. The maximum Gasteiger partial charge on any atom is 0.307 e. The predicted octanol–water partition coefficient (Wildman–Crippen LogP) is 1.50. The van der Waals surface area contributed by atoms with E-state index in [1.165, 1.54) is 6.07 Å². The Balaban J connectivity index is 2.97. The lowest BCUT2D eigenvalue weighted by Crippen LogP contribution is -2.02. The number of halogens is 2. The molecule has 1 N–H and O–H groups in total. The van der Waals surface area contributed by atoms with Crippen molar-refractivity contribution in [2.45, 2.75) is 6.42 Å². The topological polar surface area (TPSA) is 50.2 Å². The van der Waals surface area contributed by atoms with E-state index in [4.69, 9.17) is 16.7 Å². The monoisotopic (exact) mass is 189 g/mol. The molecule has 5 heteroatoms. The molecule has 12 heavy (non-hydrogen) atoms. The van der Waals surface area contributed by atoms with Gasteiger partial charge in [0.2, 0.25) is 0 Å². The maximum atomic E-state index is 12.7. The minimum absolute atomic E-state index is 0.0440. The normalized spacial score (nSPS) is 9.83. The number of rotatable bonds is 2. The van der Waals surface area contributed by atoms with Crippen molar-refractivity contribution in [3.63, 3.8) is 0 Å². The maximum absolute atomic E-state index is 12.7. The fraction of sp³-hybridized carbons (Fsp3) is 0.143. The number of carboxylic acids is 1. The van der Waals surface area contributed by atoms with Crippen molar-refractivity contribution < 1.29 is 14.3 Å². The second-order valence-corrected chi connectivity index (χ2v) is 2.56. The molecule has 1 heterocycles. The Morgan fingerprint density at radius 3 is 3.00 bits per heavy atom. The van der Waals surface area contributed by atoms with E-state index >= 15 is 0 Å². The average molecular weight is 190 g/mol. The first-order valence-corrected chi connectivity index (χ1v) is 3.49. The number of aromatic nitrogens is 1. The molecule has 0 bridgehead atoms. The van der Waals surface area contributed by atoms with Gasteiger partial charge < -0.3 is 5.11 Å². The van der Waals surface area contributed by atoms with Gasteiger partial charge in [0.1, 0.15) is 11.0 Å². The standard InChI is InChI=1S/C7H5ClFNO2/c8-6-1-4(2-7(11)12)5(9)3-10-6/h1,3H,2H2,(H,11,12). The van der Waals surface area contributed by atoms with Gasteiger partial charge in [-0.25, -0.2) is 9.37 Å². The summed E-state index contributed by atoms with van der Waals surface area (Å²) in [6.45, 7) is 0. The molecule has 0 aliphatic heterocycles. The van der Waals surface area contributed by atoms with Crippen molar-refractivity contribution in [3.8, 4) is 0 Å². The van der Waals surface area contributed by atoms with Crippen LogP contribution in [0.3, 0.4) is 0 Å². The first-order chi connectivity index (χ1) is 5.59. The van der Waals surface area contributed by atoms with E-state index in [0.29, 0.717) is 0 Å². The highest BCUT2D eigenvalue weighted by atomic mass is 35.5. The lowest BCUT2D eigenvalue weighted by molar-refractivity contribution is -0.136. The highest BCUT2D eigenvalue weighted by molar-refractivity contribution is 6.29. The van der Waals surface area contributed by atoms with Gasteiger partial charge in [0, 0.05) is 5.56 Å². The Morgan fingerprint density at radius 2 is 2.42 bits per heavy atom. The third kappa shape index (κ3) is 2.17. The van der Waals surface area contributed by atoms with Crippen LogP contribution < -0.4 is 0 Å². The Hall–Kier alpha value is -1.16. The van der Waals surface area contributed by atoms with E-state index in [1.54, 1.807) is 0 Å². The van der Waals surface area contributed by atoms with Crippen molar-refractivity contribution in [1.82, 2.24) is 4.98 Å². The van der Waals surface area contributed by atoms with Gasteiger partial charge in [0.25, 0.3) is 0 Å². The quantitative estimate of drug-likeness (QED) is 0.718. The molecule has 1 rings (SSSR count). The van der Waals surface area contributed by atoms with Gasteiger partial charge in [-0.15, -0.1) is 0 Å². The molecule has 0 unspecified atom stereocenters. The van der Waals surface area contributed by atoms with E-state index < -0.39 is 11.8 Å². The molecule has 0 radical (unpaired) electrons. The summed E-state index contributed by atoms with van der Waals surface area (Å²) < 4.78 is 12.7. The van der Waals surface area contributed by atoms with Gasteiger partial charge in [-0.05, 0) is 6.07 Å². The summed E-state index contributed by atoms with van der Waals surface area (Å²) in [5, 5.41) is 8.44. The zero-order valence-corrected chi connectivity index (χ0v) is 6.68. The molecule has 1 aromatic rings. The number of pyridine rings is 1. The Bertz CT molecular complexity index is 316. The molecule has 0 amide bonds. The molecule has 0 saturated heterocycles. The fourth-order valence-electron chi connectivity index (χ4n) is 0.750. The zero-order valence-electron chi connectivity index (χ0n) is 5.92. The van der Waals surface area contributed by atoms with Crippen LogP contribution in [-0.2, 0) is 11.2 Å². The van der Waals surface area contributed by atoms with Crippen LogP contribution in [0.2, 0.25) is 5.15 Å². The molecule has 0 atom stereocenters. The van der Waals surface area contributed by atoms with Gasteiger partial charge >= 0.3 is 5.97 Å². The van der Waals surface area contributed by atoms with Crippen LogP contribution in [0.5, 0.6) is 0 Å². The molecule has 0 fully saturated rings. The molecule has 0 aromatic carbocycles. The molecular formula is C7H5ClFNO2. The lowest BCUT2D eigenvalue weighted by atomic mass is 10.2. The Morgan fingerprint density at radius 1 is 1.75 bits per heavy atom. The Labute approximate surface area is 72.8 Å². The van der Waals surface area contributed by atoms with E-state index in [2.05, 4.69) is 4.98 Å². The van der Waals surface area contributed by atoms with Crippen LogP contribution in [-0.4, -0.2) is 16.1 Å². The minimum Gasteiger partial charge on any atom is -0.481 e. The number of carboxylic acid groups (broad SMARTS) is 1. The molecule has 0 spiro atoms. The number of hydrogen-bond donors (Lipinski definition) is 1. The minimum atomic E-state index is -1.10. The van der Waals surface area contributed by atoms with Crippen molar-refractivity contribution in [1.29, 1.82) is 0 Å². The van der Waals surface area contributed by atoms with E-state index in [-0.39, 0.29) is 17.1 Å². The van der Waals surface area contributed by atoms with Crippen molar-refractivity contribution in [2.24, 2.45) is 0 Å². The van der Waals surface area contributed by atoms with Crippen LogP contribution >= 0.6 is 11.6 Å². The molecule has 64 valence electrons. The van der Waals surface area contributed by atoms with Crippen LogP contribution in [0.4, 0.5) is 4.39 Å². The SMILES string of the molecule is O=C(O)Cc1cc(Cl)ncc1F. The summed E-state index contributed by atoms with van der Waals surface area (Å²) in [5.41, 5.74) is 0.0440. The molecule has 3 nitrogen and oxygen atoms in total. The van der Waals surface area contributed by atoms with E-state index in [1.807, 2.05) is 0 Å². The summed E-state index contributed by atoms with van der Waals surface area (Å²) in [4.78, 5) is 13.6. The number of nitrogens with zero attached hydrogens (tertiary/aromatic N) is 1. The lowest BCUT2D eigenvalue weighted by Gasteiger charge is -1.98.